The Morgan fingerprint density at radius 2 is 2.25 bits per heavy atom. The van der Waals surface area contributed by atoms with E-state index in [1.807, 2.05) is 0 Å². The van der Waals surface area contributed by atoms with Gasteiger partial charge in [0.2, 0.25) is 0 Å². The van der Waals surface area contributed by atoms with Crippen molar-refractivity contribution < 1.29 is 4.92 Å². The van der Waals surface area contributed by atoms with Crippen LogP contribution in [-0.4, -0.2) is 4.92 Å². The molecule has 16 heavy (non-hydrogen) atoms. The Balaban J connectivity index is 2.48. The van der Waals surface area contributed by atoms with E-state index in [4.69, 9.17) is 5.26 Å². The van der Waals surface area contributed by atoms with Crippen molar-refractivity contribution in [3.05, 3.63) is 39.4 Å². The average Bonchev–Trinajstić information content (AvgIpc) is 3.09. The fraction of sp³-hybridized carbons (Fsp3) is 0.364. The zero-order valence-corrected chi connectivity index (χ0v) is 10.0. The Bertz CT molecular complexity index is 489. The molecule has 1 aliphatic carbocycles. The summed E-state index contributed by atoms with van der Waals surface area (Å²) < 4.78 is 0. The summed E-state index contributed by atoms with van der Waals surface area (Å²) in [5.41, 5.74) is 1.45. The van der Waals surface area contributed by atoms with Gasteiger partial charge in [-0.05, 0) is 24.0 Å². The van der Waals surface area contributed by atoms with E-state index in [0.29, 0.717) is 5.33 Å². The third-order valence-corrected chi connectivity index (χ3v) is 3.53. The molecular weight excluding hydrogens is 272 g/mol. The minimum Gasteiger partial charge on any atom is -0.258 e. The van der Waals surface area contributed by atoms with Crippen LogP contribution in [0.25, 0.3) is 0 Å². The second-order valence-electron chi connectivity index (χ2n) is 3.93. The Kier molecular flexibility index (Phi) is 2.68. The lowest BCUT2D eigenvalue weighted by Gasteiger charge is -2.10. The molecule has 0 bridgehead atoms. The molecule has 0 amide bonds. The van der Waals surface area contributed by atoms with Gasteiger partial charge < -0.3 is 0 Å². The van der Waals surface area contributed by atoms with Gasteiger partial charge in [0.1, 0.15) is 0 Å². The summed E-state index contributed by atoms with van der Waals surface area (Å²) in [6.45, 7) is 0. The first-order chi connectivity index (χ1) is 7.63. The summed E-state index contributed by atoms with van der Waals surface area (Å²) in [4.78, 5) is 10.2. The Morgan fingerprint density at radius 3 is 2.69 bits per heavy atom. The highest BCUT2D eigenvalue weighted by atomic mass is 79.9. The smallest absolute Gasteiger partial charge is 0.258 e. The van der Waals surface area contributed by atoms with E-state index >= 15 is 0 Å². The second kappa shape index (κ2) is 3.87. The Morgan fingerprint density at radius 1 is 1.56 bits per heavy atom. The number of benzene rings is 1. The molecule has 0 spiro atoms. The third-order valence-electron chi connectivity index (χ3n) is 2.92. The molecule has 82 valence electrons. The predicted octanol–water partition coefficient (Wildman–Crippen LogP) is 3.04. The lowest BCUT2D eigenvalue weighted by molar-refractivity contribution is -0.384. The Hall–Kier alpha value is -1.41. The highest BCUT2D eigenvalue weighted by Gasteiger charge is 2.46. The van der Waals surface area contributed by atoms with Crippen molar-refractivity contribution in [2.45, 2.75) is 23.6 Å². The van der Waals surface area contributed by atoms with Crippen molar-refractivity contribution in [2.24, 2.45) is 0 Å². The van der Waals surface area contributed by atoms with Gasteiger partial charge in [-0.2, -0.15) is 5.26 Å². The van der Waals surface area contributed by atoms with Crippen LogP contribution in [0, 0.1) is 21.4 Å². The molecule has 0 atom stereocenters. The number of nitro groups is 1. The van der Waals surface area contributed by atoms with Crippen molar-refractivity contribution in [2.75, 3.05) is 0 Å². The van der Waals surface area contributed by atoms with Crippen LogP contribution in [-0.2, 0) is 10.7 Å². The summed E-state index contributed by atoms with van der Waals surface area (Å²) in [6, 6.07) is 7.03. The number of nitro benzene ring substituents is 1. The summed E-state index contributed by atoms with van der Waals surface area (Å²) in [6.07, 6.45) is 1.70. The van der Waals surface area contributed by atoms with Gasteiger partial charge >= 0.3 is 0 Å². The first-order valence-electron chi connectivity index (χ1n) is 4.88. The van der Waals surface area contributed by atoms with Crippen molar-refractivity contribution in [3.63, 3.8) is 0 Å². The van der Waals surface area contributed by atoms with Crippen LogP contribution < -0.4 is 0 Å². The molecule has 0 aromatic heterocycles. The molecule has 0 aliphatic heterocycles. The van der Waals surface area contributed by atoms with E-state index in [0.717, 1.165) is 24.0 Å². The number of nitriles is 1. The van der Waals surface area contributed by atoms with Crippen molar-refractivity contribution in [1.29, 1.82) is 5.26 Å². The van der Waals surface area contributed by atoms with Gasteiger partial charge in [-0.3, -0.25) is 10.1 Å². The van der Waals surface area contributed by atoms with E-state index in [-0.39, 0.29) is 5.69 Å². The zero-order chi connectivity index (χ0) is 11.8. The van der Waals surface area contributed by atoms with Gasteiger partial charge in [0.05, 0.1) is 16.4 Å². The first-order valence-corrected chi connectivity index (χ1v) is 6.00. The fourth-order valence-electron chi connectivity index (χ4n) is 1.84. The quantitative estimate of drug-likeness (QED) is 0.486. The number of hydrogen-bond acceptors (Lipinski definition) is 3. The van der Waals surface area contributed by atoms with Crippen molar-refractivity contribution in [1.82, 2.24) is 0 Å². The molecule has 1 aliphatic rings. The van der Waals surface area contributed by atoms with Crippen molar-refractivity contribution in [3.8, 4) is 6.07 Å². The molecule has 1 fully saturated rings. The first kappa shape index (κ1) is 11.1. The van der Waals surface area contributed by atoms with E-state index in [1.165, 1.54) is 6.07 Å². The van der Waals surface area contributed by atoms with Gasteiger partial charge in [-0.25, -0.2) is 0 Å². The van der Waals surface area contributed by atoms with Gasteiger partial charge in [-0.15, -0.1) is 0 Å². The number of non-ortho nitro benzene ring substituents is 1. The lowest BCUT2D eigenvalue weighted by atomic mass is 9.93. The molecule has 1 saturated carbocycles. The second-order valence-corrected chi connectivity index (χ2v) is 4.49. The third kappa shape index (κ3) is 1.69. The fourth-order valence-corrected chi connectivity index (χ4v) is 2.30. The van der Waals surface area contributed by atoms with Gasteiger partial charge in [0, 0.05) is 17.5 Å². The average molecular weight is 281 g/mol. The molecule has 2 rings (SSSR count). The SMILES string of the molecule is N#CC1(c2ccc([N+](=O)[O-])cc2CBr)CC1. The van der Waals surface area contributed by atoms with E-state index in [9.17, 15) is 10.1 Å². The van der Waals surface area contributed by atoms with Crippen LogP contribution in [0.1, 0.15) is 24.0 Å². The van der Waals surface area contributed by atoms with Crippen LogP contribution in [0.5, 0.6) is 0 Å². The minimum absolute atomic E-state index is 0.0759. The van der Waals surface area contributed by atoms with E-state index in [2.05, 4.69) is 22.0 Å². The van der Waals surface area contributed by atoms with Crippen LogP contribution in [0.15, 0.2) is 18.2 Å². The number of rotatable bonds is 3. The number of alkyl halides is 1. The highest BCUT2D eigenvalue weighted by Crippen LogP contribution is 2.49. The number of nitrogens with zero attached hydrogens (tertiary/aromatic N) is 2. The molecule has 1 aromatic rings. The highest BCUT2D eigenvalue weighted by molar-refractivity contribution is 9.08. The summed E-state index contributed by atoms with van der Waals surface area (Å²) in [5.74, 6) is 0. The van der Waals surface area contributed by atoms with E-state index in [1.54, 1.807) is 12.1 Å². The zero-order valence-electron chi connectivity index (χ0n) is 8.44. The van der Waals surface area contributed by atoms with Crippen molar-refractivity contribution >= 4 is 21.6 Å². The van der Waals surface area contributed by atoms with Crippen LogP contribution >= 0.6 is 15.9 Å². The van der Waals surface area contributed by atoms with E-state index < -0.39 is 10.3 Å². The van der Waals surface area contributed by atoms with Gasteiger partial charge in [0.25, 0.3) is 5.69 Å². The molecule has 0 heterocycles. The van der Waals surface area contributed by atoms with Crippen LogP contribution in [0.2, 0.25) is 0 Å². The maximum atomic E-state index is 10.6. The van der Waals surface area contributed by atoms with Crippen LogP contribution in [0.4, 0.5) is 5.69 Å². The molecule has 0 radical (unpaired) electrons. The molecule has 5 heteroatoms. The summed E-state index contributed by atoms with van der Waals surface area (Å²) in [5, 5.41) is 20.3. The van der Waals surface area contributed by atoms with Crippen LogP contribution in [0.3, 0.4) is 0 Å². The standard InChI is InChI=1S/C11H9BrN2O2/c12-6-8-5-9(14(15)16)1-2-10(8)11(7-13)3-4-11/h1-2,5H,3-4,6H2. The largest absolute Gasteiger partial charge is 0.269 e. The molecule has 0 N–H and O–H groups in total. The number of halogens is 1. The molecular formula is C11H9BrN2O2. The predicted molar refractivity (Wildman–Crippen MR) is 62.3 cm³/mol. The summed E-state index contributed by atoms with van der Waals surface area (Å²) >= 11 is 3.31. The maximum Gasteiger partial charge on any atom is 0.269 e. The molecule has 4 nitrogen and oxygen atoms in total. The summed E-state index contributed by atoms with van der Waals surface area (Å²) in [7, 11) is 0. The van der Waals surface area contributed by atoms with Gasteiger partial charge in [-0.1, -0.05) is 22.0 Å². The maximum absolute atomic E-state index is 10.6. The topological polar surface area (TPSA) is 66.9 Å². The van der Waals surface area contributed by atoms with Gasteiger partial charge in [0.15, 0.2) is 0 Å². The molecule has 0 saturated heterocycles. The molecule has 0 unspecified atom stereocenters. The normalized spacial score (nSPS) is 16.5. The number of hydrogen-bond donors (Lipinski definition) is 0. The Labute approximate surface area is 101 Å². The lowest BCUT2D eigenvalue weighted by Crippen LogP contribution is -2.06. The molecule has 1 aromatic carbocycles. The monoisotopic (exact) mass is 280 g/mol. The minimum atomic E-state index is -0.415.